The zero-order chi connectivity index (χ0) is 31.5. The molecule has 4 heteroatoms. The van der Waals surface area contributed by atoms with Gasteiger partial charge in [0.05, 0.1) is 18.8 Å². The van der Waals surface area contributed by atoms with Gasteiger partial charge in [-0.2, -0.15) is 0 Å². The molecule has 0 radical (unpaired) electrons. The second kappa shape index (κ2) is 35.6. The van der Waals surface area contributed by atoms with Crippen LogP contribution in [0.5, 0.6) is 0 Å². The first kappa shape index (κ1) is 42.1. The van der Waals surface area contributed by atoms with Crippen LogP contribution in [0, 0.1) is 0 Å². The summed E-state index contributed by atoms with van der Waals surface area (Å²) in [4.78, 5) is 12.3. The number of hydrogen-bond acceptors (Lipinski definition) is 3. The highest BCUT2D eigenvalue weighted by Gasteiger charge is 2.17. The predicted octanol–water partition coefficient (Wildman–Crippen LogP) is 11.5. The predicted molar refractivity (Wildman–Crippen MR) is 189 cm³/mol. The number of unbranched alkanes of at least 4 members (excludes halogenated alkanes) is 28. The SMILES string of the molecule is CCCCCCCCCC/C=C/[C@@H](O)[C@H](CO)NC(=O)CCCCCCCCCCCCCCCCCCCCCCC. The van der Waals surface area contributed by atoms with E-state index in [0.717, 1.165) is 25.7 Å². The summed E-state index contributed by atoms with van der Waals surface area (Å²) in [6.07, 6.45) is 43.1. The normalized spacial score (nSPS) is 13.1. The Bertz CT molecular complexity index is 579. The van der Waals surface area contributed by atoms with Crippen molar-refractivity contribution in [3.8, 4) is 0 Å². The summed E-state index contributed by atoms with van der Waals surface area (Å²) >= 11 is 0. The van der Waals surface area contributed by atoms with Crippen LogP contribution in [0.3, 0.4) is 0 Å². The second-order valence-electron chi connectivity index (χ2n) is 13.4. The third-order valence-electron chi connectivity index (χ3n) is 9.02. The zero-order valence-electron chi connectivity index (χ0n) is 29.2. The molecule has 0 saturated heterocycles. The highest BCUT2D eigenvalue weighted by atomic mass is 16.3. The van der Waals surface area contributed by atoms with E-state index in [2.05, 4.69) is 19.2 Å². The van der Waals surface area contributed by atoms with E-state index in [9.17, 15) is 15.0 Å². The van der Waals surface area contributed by atoms with Crippen molar-refractivity contribution >= 4 is 5.91 Å². The molecule has 0 rings (SSSR count). The molecule has 2 atom stereocenters. The van der Waals surface area contributed by atoms with Crippen LogP contribution < -0.4 is 5.32 Å². The molecule has 0 aliphatic carbocycles. The molecule has 0 saturated carbocycles. The van der Waals surface area contributed by atoms with E-state index in [0.29, 0.717) is 6.42 Å². The Kier molecular flexibility index (Phi) is 34.9. The molecule has 0 aromatic rings. The van der Waals surface area contributed by atoms with Gasteiger partial charge in [0.15, 0.2) is 0 Å². The molecular formula is C39H77NO3. The van der Waals surface area contributed by atoms with E-state index >= 15 is 0 Å². The standard InChI is InChI=1S/C39H77NO3/c1-3-5-7-9-11-13-15-16-17-18-19-20-21-22-23-24-25-27-29-31-33-35-39(43)40-37(36-41)38(42)34-32-30-28-26-14-12-10-8-6-4-2/h32,34,37-38,41-42H,3-31,33,35-36H2,1-2H3,(H,40,43)/b34-32+/t37-,38+/m0/s1. The Morgan fingerprint density at radius 2 is 0.860 bits per heavy atom. The Morgan fingerprint density at radius 3 is 1.21 bits per heavy atom. The lowest BCUT2D eigenvalue weighted by molar-refractivity contribution is -0.123. The fourth-order valence-electron chi connectivity index (χ4n) is 6.00. The molecular weight excluding hydrogens is 530 g/mol. The fraction of sp³-hybridized carbons (Fsp3) is 0.923. The summed E-state index contributed by atoms with van der Waals surface area (Å²) in [5.41, 5.74) is 0. The van der Waals surface area contributed by atoms with Crippen molar-refractivity contribution in [3.63, 3.8) is 0 Å². The number of nitrogens with one attached hydrogen (secondary N) is 1. The summed E-state index contributed by atoms with van der Waals surface area (Å²) in [5, 5.41) is 22.8. The first-order chi connectivity index (χ1) is 21.2. The van der Waals surface area contributed by atoms with Crippen LogP contribution in [0.25, 0.3) is 0 Å². The van der Waals surface area contributed by atoms with Crippen molar-refractivity contribution < 1.29 is 15.0 Å². The first-order valence-corrected chi connectivity index (χ1v) is 19.4. The largest absolute Gasteiger partial charge is 0.394 e. The van der Waals surface area contributed by atoms with Crippen molar-refractivity contribution in [1.82, 2.24) is 5.32 Å². The van der Waals surface area contributed by atoms with Crippen LogP contribution in [0.15, 0.2) is 12.2 Å². The van der Waals surface area contributed by atoms with Gasteiger partial charge in [0.1, 0.15) is 0 Å². The van der Waals surface area contributed by atoms with E-state index < -0.39 is 12.1 Å². The fourth-order valence-corrected chi connectivity index (χ4v) is 6.00. The van der Waals surface area contributed by atoms with Crippen molar-refractivity contribution in [1.29, 1.82) is 0 Å². The van der Waals surface area contributed by atoms with E-state index in [4.69, 9.17) is 0 Å². The zero-order valence-corrected chi connectivity index (χ0v) is 29.2. The van der Waals surface area contributed by atoms with Crippen LogP contribution in [0.2, 0.25) is 0 Å². The average Bonchev–Trinajstić information content (AvgIpc) is 3.01. The molecule has 0 aliphatic rings. The Labute approximate surface area is 269 Å². The third kappa shape index (κ3) is 32.3. The minimum absolute atomic E-state index is 0.0626. The maximum Gasteiger partial charge on any atom is 0.220 e. The molecule has 0 bridgehead atoms. The minimum atomic E-state index is -0.831. The summed E-state index contributed by atoms with van der Waals surface area (Å²) in [5.74, 6) is -0.0626. The van der Waals surface area contributed by atoms with Crippen molar-refractivity contribution in [3.05, 3.63) is 12.2 Å². The first-order valence-electron chi connectivity index (χ1n) is 19.4. The van der Waals surface area contributed by atoms with Gasteiger partial charge < -0.3 is 15.5 Å². The van der Waals surface area contributed by atoms with Crippen LogP contribution >= 0.6 is 0 Å². The lowest BCUT2D eigenvalue weighted by Gasteiger charge is -2.20. The molecule has 3 N–H and O–H groups in total. The number of carbonyl (C=O) groups is 1. The monoisotopic (exact) mass is 608 g/mol. The second-order valence-corrected chi connectivity index (χ2v) is 13.4. The van der Waals surface area contributed by atoms with Gasteiger partial charge >= 0.3 is 0 Å². The van der Waals surface area contributed by atoms with Crippen molar-refractivity contribution in [2.24, 2.45) is 0 Å². The van der Waals surface area contributed by atoms with Crippen LogP contribution in [0.4, 0.5) is 0 Å². The van der Waals surface area contributed by atoms with Gasteiger partial charge in [0.25, 0.3) is 0 Å². The van der Waals surface area contributed by atoms with E-state index in [1.54, 1.807) is 6.08 Å². The smallest absolute Gasteiger partial charge is 0.220 e. The number of amides is 1. The number of hydrogen-bond donors (Lipinski definition) is 3. The van der Waals surface area contributed by atoms with Crippen molar-refractivity contribution in [2.45, 2.75) is 225 Å². The molecule has 0 aromatic carbocycles. The summed E-state index contributed by atoms with van der Waals surface area (Å²) in [6, 6.07) is -0.614. The maximum atomic E-state index is 12.3. The highest BCUT2D eigenvalue weighted by molar-refractivity contribution is 5.76. The van der Waals surface area contributed by atoms with E-state index in [1.807, 2.05) is 6.08 Å². The average molecular weight is 608 g/mol. The third-order valence-corrected chi connectivity index (χ3v) is 9.02. The quantitative estimate of drug-likeness (QED) is 0.0496. The van der Waals surface area contributed by atoms with Gasteiger partial charge in [0, 0.05) is 6.42 Å². The molecule has 0 unspecified atom stereocenters. The minimum Gasteiger partial charge on any atom is -0.394 e. The number of aliphatic hydroxyl groups is 2. The molecule has 4 nitrogen and oxygen atoms in total. The Hall–Kier alpha value is -0.870. The van der Waals surface area contributed by atoms with Gasteiger partial charge in [-0.05, 0) is 19.3 Å². The molecule has 0 aromatic heterocycles. The van der Waals surface area contributed by atoms with Gasteiger partial charge in [-0.15, -0.1) is 0 Å². The molecule has 0 spiro atoms. The molecule has 43 heavy (non-hydrogen) atoms. The molecule has 256 valence electrons. The summed E-state index contributed by atoms with van der Waals surface area (Å²) in [6.45, 7) is 4.30. The van der Waals surface area contributed by atoms with Gasteiger partial charge in [-0.1, -0.05) is 199 Å². The van der Waals surface area contributed by atoms with Crippen LogP contribution in [-0.2, 0) is 4.79 Å². The van der Waals surface area contributed by atoms with E-state index in [1.165, 1.54) is 167 Å². The lowest BCUT2D eigenvalue weighted by Crippen LogP contribution is -2.45. The van der Waals surface area contributed by atoms with Gasteiger partial charge in [0.2, 0.25) is 5.91 Å². The molecule has 1 amide bonds. The lowest BCUT2D eigenvalue weighted by atomic mass is 10.0. The Balaban J connectivity index is 3.50. The van der Waals surface area contributed by atoms with Gasteiger partial charge in [-0.3, -0.25) is 4.79 Å². The summed E-state index contributed by atoms with van der Waals surface area (Å²) < 4.78 is 0. The number of rotatable bonds is 35. The van der Waals surface area contributed by atoms with Crippen LogP contribution in [-0.4, -0.2) is 34.9 Å². The molecule has 0 fully saturated rings. The Morgan fingerprint density at radius 1 is 0.535 bits per heavy atom. The topological polar surface area (TPSA) is 69.6 Å². The van der Waals surface area contributed by atoms with E-state index in [-0.39, 0.29) is 12.5 Å². The maximum absolute atomic E-state index is 12.3. The molecule has 0 heterocycles. The number of carbonyl (C=O) groups excluding carboxylic acids is 1. The van der Waals surface area contributed by atoms with Crippen LogP contribution in [0.1, 0.15) is 213 Å². The number of allylic oxidation sites excluding steroid dienone is 1. The van der Waals surface area contributed by atoms with Gasteiger partial charge in [-0.25, -0.2) is 0 Å². The molecule has 0 aliphatic heterocycles. The highest BCUT2D eigenvalue weighted by Crippen LogP contribution is 2.15. The summed E-state index contributed by atoms with van der Waals surface area (Å²) in [7, 11) is 0. The number of aliphatic hydroxyl groups excluding tert-OH is 2. The van der Waals surface area contributed by atoms with Crippen molar-refractivity contribution in [2.75, 3.05) is 6.61 Å².